The highest BCUT2D eigenvalue weighted by Gasteiger charge is 2.21. The fourth-order valence-corrected chi connectivity index (χ4v) is 1.65. The van der Waals surface area contributed by atoms with E-state index in [-0.39, 0.29) is 12.0 Å². The number of aliphatic hydroxyl groups is 1. The smallest absolute Gasteiger partial charge is 0.159 e. The van der Waals surface area contributed by atoms with Gasteiger partial charge in [-0.2, -0.15) is 0 Å². The van der Waals surface area contributed by atoms with Crippen LogP contribution in [0.5, 0.6) is 0 Å². The summed E-state index contributed by atoms with van der Waals surface area (Å²) in [4.78, 5) is 0. The first-order chi connectivity index (χ1) is 8.36. The maximum atomic E-state index is 13.2. The molecule has 5 heteroatoms. The minimum Gasteiger partial charge on any atom is -0.390 e. The second-order valence-corrected chi connectivity index (χ2v) is 5.03. The Bertz CT molecular complexity index is 397. The number of hydrogen-bond donors (Lipinski definition) is 3. The van der Waals surface area contributed by atoms with E-state index in [1.165, 1.54) is 6.07 Å². The predicted molar refractivity (Wildman–Crippen MR) is 67.3 cm³/mol. The molecule has 0 aliphatic heterocycles. The second-order valence-electron chi connectivity index (χ2n) is 5.03. The molecule has 0 radical (unpaired) electrons. The minimum atomic E-state index is -0.846. The van der Waals surface area contributed by atoms with Crippen LogP contribution in [0.2, 0.25) is 0 Å². The molecule has 0 heterocycles. The van der Waals surface area contributed by atoms with Crippen LogP contribution in [0.15, 0.2) is 18.2 Å². The summed E-state index contributed by atoms with van der Waals surface area (Å²) in [6, 6.07) is 3.90. The third-order valence-corrected chi connectivity index (χ3v) is 2.92. The molecule has 0 saturated heterocycles. The maximum absolute atomic E-state index is 13.2. The van der Waals surface area contributed by atoms with Gasteiger partial charge in [-0.05, 0) is 17.7 Å². The van der Waals surface area contributed by atoms with Crippen molar-refractivity contribution in [2.75, 3.05) is 19.6 Å². The second kappa shape index (κ2) is 6.22. The Morgan fingerprint density at radius 1 is 1.33 bits per heavy atom. The summed E-state index contributed by atoms with van der Waals surface area (Å²) in [6.45, 7) is 4.94. The molecule has 0 aliphatic rings. The quantitative estimate of drug-likeness (QED) is 0.717. The van der Waals surface area contributed by atoms with Crippen LogP contribution in [-0.4, -0.2) is 30.8 Å². The number of hydrogen-bond acceptors (Lipinski definition) is 3. The summed E-state index contributed by atoms with van der Waals surface area (Å²) in [5.74, 6) is -1.69. The lowest BCUT2D eigenvalue weighted by atomic mass is 9.84. The molecule has 0 aromatic heterocycles. The molecule has 0 spiro atoms. The van der Waals surface area contributed by atoms with Crippen LogP contribution >= 0.6 is 0 Å². The number of halogens is 2. The largest absolute Gasteiger partial charge is 0.390 e. The SMILES string of the molecule is CC(C)(CNCC(O)CN)c1ccc(F)c(F)c1. The van der Waals surface area contributed by atoms with Gasteiger partial charge >= 0.3 is 0 Å². The summed E-state index contributed by atoms with van der Waals surface area (Å²) in [5, 5.41) is 12.4. The summed E-state index contributed by atoms with van der Waals surface area (Å²) >= 11 is 0. The number of rotatable bonds is 6. The van der Waals surface area contributed by atoms with Crippen LogP contribution in [0.3, 0.4) is 0 Å². The maximum Gasteiger partial charge on any atom is 0.159 e. The normalized spacial score (nSPS) is 13.7. The average Bonchev–Trinajstić information content (AvgIpc) is 2.32. The molecule has 0 bridgehead atoms. The number of aliphatic hydroxyl groups excluding tert-OH is 1. The highest BCUT2D eigenvalue weighted by atomic mass is 19.2. The molecule has 1 aromatic carbocycles. The fraction of sp³-hybridized carbons (Fsp3) is 0.538. The van der Waals surface area contributed by atoms with Gasteiger partial charge < -0.3 is 16.2 Å². The molecule has 102 valence electrons. The van der Waals surface area contributed by atoms with Crippen LogP contribution in [0.1, 0.15) is 19.4 Å². The van der Waals surface area contributed by atoms with E-state index in [0.29, 0.717) is 18.7 Å². The molecule has 0 fully saturated rings. The Kier molecular flexibility index (Phi) is 5.19. The average molecular weight is 258 g/mol. The highest BCUT2D eigenvalue weighted by molar-refractivity contribution is 5.25. The van der Waals surface area contributed by atoms with E-state index in [9.17, 15) is 13.9 Å². The topological polar surface area (TPSA) is 58.3 Å². The van der Waals surface area contributed by atoms with E-state index in [2.05, 4.69) is 5.32 Å². The van der Waals surface area contributed by atoms with Gasteiger partial charge in [0.2, 0.25) is 0 Å². The van der Waals surface area contributed by atoms with Gasteiger partial charge in [0.1, 0.15) is 0 Å². The van der Waals surface area contributed by atoms with E-state index >= 15 is 0 Å². The molecule has 1 atom stereocenters. The van der Waals surface area contributed by atoms with Crippen LogP contribution < -0.4 is 11.1 Å². The van der Waals surface area contributed by atoms with Crippen molar-refractivity contribution >= 4 is 0 Å². The summed E-state index contributed by atoms with van der Waals surface area (Å²) in [5.41, 5.74) is 5.63. The van der Waals surface area contributed by atoms with Crippen molar-refractivity contribution in [3.63, 3.8) is 0 Å². The Balaban J connectivity index is 2.64. The van der Waals surface area contributed by atoms with Crippen molar-refractivity contribution < 1.29 is 13.9 Å². The lowest BCUT2D eigenvalue weighted by Gasteiger charge is -2.26. The van der Waals surface area contributed by atoms with Crippen LogP contribution in [0.4, 0.5) is 8.78 Å². The van der Waals surface area contributed by atoms with Crippen LogP contribution in [0, 0.1) is 11.6 Å². The first-order valence-corrected chi connectivity index (χ1v) is 5.91. The monoisotopic (exact) mass is 258 g/mol. The van der Waals surface area contributed by atoms with Crippen molar-refractivity contribution in [3.8, 4) is 0 Å². The van der Waals surface area contributed by atoms with Crippen LogP contribution in [-0.2, 0) is 5.41 Å². The fourth-order valence-electron chi connectivity index (χ4n) is 1.65. The van der Waals surface area contributed by atoms with E-state index in [1.54, 1.807) is 6.07 Å². The van der Waals surface area contributed by atoms with Gasteiger partial charge in [-0.15, -0.1) is 0 Å². The van der Waals surface area contributed by atoms with Crippen molar-refractivity contribution in [1.29, 1.82) is 0 Å². The molecule has 0 saturated carbocycles. The van der Waals surface area contributed by atoms with Crippen molar-refractivity contribution in [3.05, 3.63) is 35.4 Å². The Morgan fingerprint density at radius 3 is 2.56 bits per heavy atom. The minimum absolute atomic E-state index is 0.193. The van der Waals surface area contributed by atoms with E-state index in [0.717, 1.165) is 6.07 Å². The lowest BCUT2D eigenvalue weighted by molar-refractivity contribution is 0.177. The van der Waals surface area contributed by atoms with Crippen molar-refractivity contribution in [2.24, 2.45) is 5.73 Å². The molecule has 1 unspecified atom stereocenters. The molecule has 3 nitrogen and oxygen atoms in total. The zero-order chi connectivity index (χ0) is 13.8. The molecule has 18 heavy (non-hydrogen) atoms. The molecular formula is C13H20F2N2O. The Morgan fingerprint density at radius 2 is 2.00 bits per heavy atom. The van der Waals surface area contributed by atoms with Gasteiger partial charge in [-0.25, -0.2) is 8.78 Å². The zero-order valence-electron chi connectivity index (χ0n) is 10.7. The Labute approximate surface area is 106 Å². The third kappa shape index (κ3) is 4.01. The van der Waals surface area contributed by atoms with E-state index in [4.69, 9.17) is 5.73 Å². The molecular weight excluding hydrogens is 238 g/mol. The van der Waals surface area contributed by atoms with Gasteiger partial charge in [0.15, 0.2) is 11.6 Å². The summed E-state index contributed by atoms with van der Waals surface area (Å²) in [7, 11) is 0. The zero-order valence-corrected chi connectivity index (χ0v) is 10.7. The van der Waals surface area contributed by atoms with E-state index < -0.39 is 17.7 Å². The first-order valence-electron chi connectivity index (χ1n) is 5.91. The molecule has 0 aliphatic carbocycles. The number of nitrogens with one attached hydrogen (secondary N) is 1. The summed E-state index contributed by atoms with van der Waals surface area (Å²) in [6.07, 6.45) is -0.592. The first kappa shape index (κ1) is 15.0. The van der Waals surface area contributed by atoms with Gasteiger partial charge in [-0.1, -0.05) is 19.9 Å². The lowest BCUT2D eigenvalue weighted by Crippen LogP contribution is -2.39. The molecule has 4 N–H and O–H groups in total. The highest BCUT2D eigenvalue weighted by Crippen LogP contribution is 2.23. The third-order valence-electron chi connectivity index (χ3n) is 2.92. The molecule has 1 rings (SSSR count). The van der Waals surface area contributed by atoms with E-state index in [1.807, 2.05) is 13.8 Å². The van der Waals surface area contributed by atoms with Gasteiger partial charge in [0.05, 0.1) is 6.10 Å². The van der Waals surface area contributed by atoms with Gasteiger partial charge in [0.25, 0.3) is 0 Å². The number of nitrogens with two attached hydrogens (primary N) is 1. The molecule has 0 amide bonds. The van der Waals surface area contributed by atoms with Gasteiger partial charge in [0, 0.05) is 25.0 Å². The molecule has 1 aromatic rings. The predicted octanol–water partition coefficient (Wildman–Crippen LogP) is 1.15. The summed E-state index contributed by atoms with van der Waals surface area (Å²) < 4.78 is 26.0. The van der Waals surface area contributed by atoms with Crippen molar-refractivity contribution in [1.82, 2.24) is 5.32 Å². The van der Waals surface area contributed by atoms with Gasteiger partial charge in [-0.3, -0.25) is 0 Å². The van der Waals surface area contributed by atoms with Crippen molar-refractivity contribution in [2.45, 2.75) is 25.4 Å². The standard InChI is InChI=1S/C13H20F2N2O/c1-13(2,8-17-7-10(18)6-16)9-3-4-11(14)12(15)5-9/h3-5,10,17-18H,6-8,16H2,1-2H3. The Hall–Kier alpha value is -1.04. The number of benzene rings is 1. The van der Waals surface area contributed by atoms with Crippen LogP contribution in [0.25, 0.3) is 0 Å².